The Morgan fingerprint density at radius 3 is 2.30 bits per heavy atom. The zero-order valence-electron chi connectivity index (χ0n) is 17.6. The molecule has 0 atom stereocenters. The van der Waals surface area contributed by atoms with E-state index in [4.69, 9.17) is 4.42 Å². The summed E-state index contributed by atoms with van der Waals surface area (Å²) < 4.78 is 6.05. The van der Waals surface area contributed by atoms with Crippen LogP contribution in [0, 0.1) is 0 Å². The second-order valence-corrected chi connectivity index (χ2v) is 7.75. The fraction of sp³-hybridized carbons (Fsp3) is 0.400. The molecule has 0 radical (unpaired) electrons. The van der Waals surface area contributed by atoms with Gasteiger partial charge in [-0.25, -0.2) is 4.79 Å². The number of hydrogen-bond donors (Lipinski definition) is 1. The molecule has 1 N–H and O–H groups in total. The zero-order chi connectivity index (χ0) is 21.7. The highest BCUT2D eigenvalue weighted by Gasteiger charge is 2.16. The molecule has 3 aromatic rings. The number of carbonyl (C=O) groups is 2. The predicted molar refractivity (Wildman–Crippen MR) is 119 cm³/mol. The Hall–Kier alpha value is -2.95. The fourth-order valence-corrected chi connectivity index (χ4v) is 3.81. The number of fused-ring (bicyclic) bond motifs is 2. The molecule has 5 heteroatoms. The van der Waals surface area contributed by atoms with Crippen molar-refractivity contribution in [2.75, 3.05) is 0 Å². The predicted octanol–water partition coefficient (Wildman–Crippen LogP) is 6.14. The lowest BCUT2D eigenvalue weighted by Crippen LogP contribution is -2.08. The maximum absolute atomic E-state index is 13.2. The van der Waals surface area contributed by atoms with Gasteiger partial charge in [-0.05, 0) is 48.7 Å². The topological polar surface area (TPSA) is 84.6 Å². The summed E-state index contributed by atoms with van der Waals surface area (Å²) in [5.74, 6) is -1.13. The first kappa shape index (κ1) is 21.8. The minimum absolute atomic E-state index is 0.0279. The summed E-state index contributed by atoms with van der Waals surface area (Å²) in [5.41, 5.74) is 1.95. The van der Waals surface area contributed by atoms with Gasteiger partial charge in [-0.1, -0.05) is 46.0 Å². The maximum atomic E-state index is 13.2. The summed E-state index contributed by atoms with van der Waals surface area (Å²) in [5, 5.41) is 9.79. The molecule has 1 heterocycles. The summed E-state index contributed by atoms with van der Waals surface area (Å²) in [6.45, 7) is 3.98. The SMILES string of the molecule is CCCCCCCCc1cc(C(=O)CC)cc2c(=O)c3cc(C(=O)O)ccc3oc12. The molecular formula is C25H28O5. The highest BCUT2D eigenvalue weighted by Crippen LogP contribution is 2.26. The lowest BCUT2D eigenvalue weighted by atomic mass is 9.97. The van der Waals surface area contributed by atoms with E-state index in [-0.39, 0.29) is 22.2 Å². The number of carboxylic acid groups (broad SMARTS) is 1. The number of carboxylic acids is 1. The first-order chi connectivity index (χ1) is 14.5. The van der Waals surface area contributed by atoms with Crippen molar-refractivity contribution in [3.05, 3.63) is 57.2 Å². The van der Waals surface area contributed by atoms with Crippen LogP contribution < -0.4 is 5.43 Å². The van der Waals surface area contributed by atoms with E-state index in [9.17, 15) is 19.5 Å². The lowest BCUT2D eigenvalue weighted by molar-refractivity contribution is 0.0696. The van der Waals surface area contributed by atoms with Crippen LogP contribution in [0.1, 0.15) is 85.1 Å². The molecule has 0 fully saturated rings. The molecule has 3 rings (SSSR count). The van der Waals surface area contributed by atoms with E-state index in [1.54, 1.807) is 13.0 Å². The monoisotopic (exact) mass is 408 g/mol. The van der Waals surface area contributed by atoms with Crippen molar-refractivity contribution in [2.24, 2.45) is 0 Å². The van der Waals surface area contributed by atoms with Gasteiger partial charge in [0.05, 0.1) is 16.3 Å². The van der Waals surface area contributed by atoms with Crippen molar-refractivity contribution in [2.45, 2.75) is 65.2 Å². The number of ketones is 1. The Kier molecular flexibility index (Phi) is 7.03. The summed E-state index contributed by atoms with van der Waals surface area (Å²) in [6.07, 6.45) is 7.96. The van der Waals surface area contributed by atoms with Crippen molar-refractivity contribution in [3.63, 3.8) is 0 Å². The molecule has 2 aromatic carbocycles. The van der Waals surface area contributed by atoms with Crippen LogP contribution in [0.2, 0.25) is 0 Å². The smallest absolute Gasteiger partial charge is 0.335 e. The van der Waals surface area contributed by atoms with E-state index in [0.717, 1.165) is 24.8 Å². The van der Waals surface area contributed by atoms with Gasteiger partial charge in [-0.15, -0.1) is 0 Å². The van der Waals surface area contributed by atoms with Crippen LogP contribution in [0.3, 0.4) is 0 Å². The molecule has 0 saturated heterocycles. The highest BCUT2D eigenvalue weighted by atomic mass is 16.4. The van der Waals surface area contributed by atoms with Gasteiger partial charge in [0.25, 0.3) is 0 Å². The van der Waals surface area contributed by atoms with Crippen LogP contribution in [-0.4, -0.2) is 16.9 Å². The molecule has 0 spiro atoms. The first-order valence-electron chi connectivity index (χ1n) is 10.8. The van der Waals surface area contributed by atoms with Gasteiger partial charge in [0.2, 0.25) is 5.43 Å². The van der Waals surface area contributed by atoms with E-state index in [1.165, 1.54) is 43.9 Å². The molecule has 5 nitrogen and oxygen atoms in total. The Balaban J connectivity index is 2.08. The van der Waals surface area contributed by atoms with Gasteiger partial charge in [0, 0.05) is 12.0 Å². The van der Waals surface area contributed by atoms with E-state index in [1.807, 2.05) is 6.07 Å². The minimum Gasteiger partial charge on any atom is -0.478 e. The van der Waals surface area contributed by atoms with Crippen LogP contribution in [0.15, 0.2) is 39.5 Å². The van der Waals surface area contributed by atoms with Gasteiger partial charge >= 0.3 is 5.97 Å². The number of carbonyl (C=O) groups excluding carboxylic acids is 1. The van der Waals surface area contributed by atoms with Crippen LogP contribution in [0.4, 0.5) is 0 Å². The van der Waals surface area contributed by atoms with Gasteiger partial charge in [0.1, 0.15) is 11.2 Å². The Labute approximate surface area is 175 Å². The van der Waals surface area contributed by atoms with Crippen molar-refractivity contribution in [3.8, 4) is 0 Å². The first-order valence-corrected chi connectivity index (χ1v) is 10.8. The van der Waals surface area contributed by atoms with Crippen LogP contribution in [-0.2, 0) is 6.42 Å². The number of aryl methyl sites for hydroxylation is 1. The van der Waals surface area contributed by atoms with E-state index < -0.39 is 5.97 Å². The van der Waals surface area contributed by atoms with Crippen LogP contribution in [0.25, 0.3) is 21.9 Å². The van der Waals surface area contributed by atoms with Gasteiger partial charge in [-0.2, -0.15) is 0 Å². The fourth-order valence-electron chi connectivity index (χ4n) is 3.81. The van der Waals surface area contributed by atoms with Gasteiger partial charge in [-0.3, -0.25) is 9.59 Å². The molecule has 0 unspecified atom stereocenters. The number of aromatic carboxylic acids is 1. The standard InChI is InChI=1S/C25H28O5/c1-3-5-6-7-8-9-10-16-13-18(21(26)4-2)15-20-23(27)19-14-17(25(28)29)11-12-22(19)30-24(16)20/h11-15H,3-10H2,1-2H3,(H,28,29). The third-order valence-electron chi connectivity index (χ3n) is 5.54. The lowest BCUT2D eigenvalue weighted by Gasteiger charge is -2.10. The molecule has 158 valence electrons. The number of benzene rings is 2. The third kappa shape index (κ3) is 4.61. The van der Waals surface area contributed by atoms with Crippen molar-refractivity contribution < 1.29 is 19.1 Å². The van der Waals surface area contributed by atoms with Crippen molar-refractivity contribution in [1.29, 1.82) is 0 Å². The van der Waals surface area contributed by atoms with Crippen molar-refractivity contribution >= 4 is 33.7 Å². The molecule has 30 heavy (non-hydrogen) atoms. The molecule has 0 aliphatic carbocycles. The maximum Gasteiger partial charge on any atom is 0.335 e. The molecule has 0 saturated carbocycles. The molecule has 0 aliphatic heterocycles. The molecular weight excluding hydrogens is 380 g/mol. The normalized spacial score (nSPS) is 11.3. The van der Waals surface area contributed by atoms with Crippen LogP contribution in [0.5, 0.6) is 0 Å². The Morgan fingerprint density at radius 1 is 0.900 bits per heavy atom. The third-order valence-corrected chi connectivity index (χ3v) is 5.54. The Bertz CT molecular complexity index is 1140. The number of unbranched alkanes of at least 4 members (excludes halogenated alkanes) is 5. The number of rotatable bonds is 10. The molecule has 0 bridgehead atoms. The second-order valence-electron chi connectivity index (χ2n) is 7.75. The summed E-state index contributed by atoms with van der Waals surface area (Å²) >= 11 is 0. The molecule has 0 aliphatic rings. The number of Topliss-reactive ketones (excluding diaryl/α,β-unsaturated/α-hetero) is 1. The quantitative estimate of drug-likeness (QED) is 0.247. The average molecular weight is 408 g/mol. The zero-order valence-corrected chi connectivity index (χ0v) is 17.6. The summed E-state index contributed by atoms with van der Waals surface area (Å²) in [7, 11) is 0. The highest BCUT2D eigenvalue weighted by molar-refractivity contribution is 6.02. The average Bonchev–Trinajstić information content (AvgIpc) is 2.75. The summed E-state index contributed by atoms with van der Waals surface area (Å²) in [4.78, 5) is 36.8. The van der Waals surface area contributed by atoms with E-state index in [2.05, 4.69) is 6.92 Å². The second kappa shape index (κ2) is 9.70. The largest absolute Gasteiger partial charge is 0.478 e. The van der Waals surface area contributed by atoms with E-state index in [0.29, 0.717) is 28.5 Å². The minimum atomic E-state index is -1.10. The van der Waals surface area contributed by atoms with Gasteiger partial charge in [0.15, 0.2) is 5.78 Å². The number of hydrogen-bond acceptors (Lipinski definition) is 4. The van der Waals surface area contributed by atoms with Gasteiger partial charge < -0.3 is 9.52 Å². The molecule has 1 aromatic heterocycles. The van der Waals surface area contributed by atoms with Crippen LogP contribution >= 0.6 is 0 Å². The van der Waals surface area contributed by atoms with E-state index >= 15 is 0 Å². The Morgan fingerprint density at radius 2 is 1.60 bits per heavy atom. The molecule has 0 amide bonds. The van der Waals surface area contributed by atoms with Crippen molar-refractivity contribution in [1.82, 2.24) is 0 Å². The summed E-state index contributed by atoms with van der Waals surface area (Å²) in [6, 6.07) is 7.73.